The molecule has 2 aromatic rings. The van der Waals surface area contributed by atoms with Crippen molar-refractivity contribution in [2.24, 2.45) is 0 Å². The molecule has 0 bridgehead atoms. The summed E-state index contributed by atoms with van der Waals surface area (Å²) < 4.78 is 5.83. The molecule has 1 aliphatic carbocycles. The monoisotopic (exact) mass is 502 g/mol. The Hall–Kier alpha value is -2.26. The number of ether oxygens (including phenoxy) is 1. The molecule has 2 aromatic carbocycles. The maximum absolute atomic E-state index is 12.9. The van der Waals surface area contributed by atoms with Gasteiger partial charge in [-0.1, -0.05) is 68.7 Å². The van der Waals surface area contributed by atoms with Gasteiger partial charge in [-0.15, -0.1) is 0 Å². The number of aliphatic carboxylic acids is 1. The van der Waals surface area contributed by atoms with Gasteiger partial charge in [0.05, 0.1) is 5.69 Å². The van der Waals surface area contributed by atoms with E-state index in [1.807, 2.05) is 48.5 Å². The molecule has 0 unspecified atom stereocenters. The van der Waals surface area contributed by atoms with Crippen molar-refractivity contribution in [1.29, 1.82) is 0 Å². The van der Waals surface area contributed by atoms with Crippen LogP contribution in [0, 0.1) is 0 Å². The van der Waals surface area contributed by atoms with Crippen LogP contribution in [0.25, 0.3) is 11.1 Å². The number of anilines is 1. The van der Waals surface area contributed by atoms with Crippen molar-refractivity contribution < 1.29 is 19.4 Å². The molecular formula is C30H43LiN2O4. The van der Waals surface area contributed by atoms with Crippen LogP contribution in [0.2, 0.25) is 0 Å². The second kappa shape index (κ2) is 16.6. The average molecular weight is 503 g/mol. The molecule has 1 fully saturated rings. The predicted octanol–water partition coefficient (Wildman–Crippen LogP) is 6.48. The molecule has 1 aliphatic rings. The van der Waals surface area contributed by atoms with Gasteiger partial charge in [0.2, 0.25) is 0 Å². The number of carbonyl (C=O) groups excluding carboxylic acids is 1. The van der Waals surface area contributed by atoms with E-state index in [0.717, 1.165) is 48.9 Å². The number of carboxylic acids is 1. The molecule has 1 saturated carbocycles. The summed E-state index contributed by atoms with van der Waals surface area (Å²) >= 11 is 0. The molecular weight excluding hydrogens is 459 g/mol. The summed E-state index contributed by atoms with van der Waals surface area (Å²) in [4.78, 5) is 26.2. The molecule has 6 nitrogen and oxygen atoms in total. The third-order valence-corrected chi connectivity index (χ3v) is 7.17. The number of carbonyl (C=O) groups is 2. The number of rotatable bonds is 13. The van der Waals surface area contributed by atoms with Crippen LogP contribution in [0.3, 0.4) is 0 Å². The van der Waals surface area contributed by atoms with Crippen LogP contribution in [0.5, 0.6) is 0 Å². The molecule has 37 heavy (non-hydrogen) atoms. The Morgan fingerprint density at radius 3 is 2.41 bits per heavy atom. The molecule has 0 saturated heterocycles. The number of aryl methyl sites for hydroxylation is 1. The number of nitrogens with one attached hydrogen (secondary N) is 1. The predicted molar refractivity (Wildman–Crippen MR) is 153 cm³/mol. The van der Waals surface area contributed by atoms with E-state index >= 15 is 0 Å². The zero-order valence-corrected chi connectivity index (χ0v) is 21.9. The number of amides is 1. The summed E-state index contributed by atoms with van der Waals surface area (Å²) in [6.07, 6.45) is 9.83. The van der Waals surface area contributed by atoms with Gasteiger partial charge in [-0.25, -0.2) is 4.79 Å². The van der Waals surface area contributed by atoms with Crippen LogP contribution in [-0.4, -0.2) is 66.7 Å². The summed E-state index contributed by atoms with van der Waals surface area (Å²) in [6.45, 7) is 3.38. The molecule has 0 atom stereocenters. The van der Waals surface area contributed by atoms with Gasteiger partial charge in [-0.2, -0.15) is 0 Å². The Bertz CT molecular complexity index is 961. The first kappa shape index (κ1) is 31.0. The Morgan fingerprint density at radius 2 is 1.73 bits per heavy atom. The first-order valence-electron chi connectivity index (χ1n) is 13.5. The van der Waals surface area contributed by atoms with Crippen molar-refractivity contribution in [2.75, 3.05) is 18.9 Å². The topological polar surface area (TPSA) is 78.9 Å². The number of unbranched alkanes of at least 4 members (excludes halogenated alkanes) is 3. The fraction of sp³-hybridized carbons (Fsp3) is 0.533. The minimum atomic E-state index is -0.796. The SMILES string of the molecule is CCCCCCN(C)C1CCC(OC(=O)Nc2cc(CCCC(=O)O)ccc2-c2ccccc2)CC1.[LiH]. The van der Waals surface area contributed by atoms with E-state index in [1.165, 1.54) is 25.7 Å². The zero-order chi connectivity index (χ0) is 25.8. The van der Waals surface area contributed by atoms with Crippen LogP contribution in [0.15, 0.2) is 48.5 Å². The quantitative estimate of drug-likeness (QED) is 0.242. The van der Waals surface area contributed by atoms with Crippen LogP contribution in [-0.2, 0) is 16.0 Å². The van der Waals surface area contributed by atoms with Gasteiger partial charge in [0.1, 0.15) is 6.10 Å². The Morgan fingerprint density at radius 1 is 1.00 bits per heavy atom. The molecule has 0 aliphatic heterocycles. The van der Waals surface area contributed by atoms with Crippen molar-refractivity contribution >= 4 is 36.6 Å². The molecule has 0 aromatic heterocycles. The van der Waals surface area contributed by atoms with E-state index in [4.69, 9.17) is 9.84 Å². The van der Waals surface area contributed by atoms with Crippen molar-refractivity contribution in [3.05, 3.63) is 54.1 Å². The second-order valence-electron chi connectivity index (χ2n) is 10.00. The van der Waals surface area contributed by atoms with E-state index in [1.54, 1.807) is 0 Å². The minimum absolute atomic E-state index is 0. The molecule has 0 heterocycles. The standard InChI is InChI=1S/C30H42N2O4.Li.H/c1-3-4-5-9-21-32(2)25-16-18-26(19-17-25)36-30(35)31-28-22-23(11-10-14-29(33)34)15-20-27(28)24-12-7-6-8-13-24;;/h6-8,12-13,15,20,22,25-26H,3-5,9-11,14,16-19,21H2,1-2H3,(H,31,35)(H,33,34);;. The summed E-state index contributed by atoms with van der Waals surface area (Å²) in [5.41, 5.74) is 3.61. The summed E-state index contributed by atoms with van der Waals surface area (Å²) in [6, 6.07) is 16.4. The van der Waals surface area contributed by atoms with Gasteiger partial charge in [0.15, 0.2) is 0 Å². The molecule has 3 rings (SSSR count). The summed E-state index contributed by atoms with van der Waals surface area (Å²) in [5.74, 6) is -0.796. The van der Waals surface area contributed by atoms with Gasteiger partial charge < -0.3 is 14.7 Å². The van der Waals surface area contributed by atoms with Crippen molar-refractivity contribution in [3.63, 3.8) is 0 Å². The Labute approximate surface area is 234 Å². The second-order valence-corrected chi connectivity index (χ2v) is 10.00. The van der Waals surface area contributed by atoms with Gasteiger partial charge >= 0.3 is 30.9 Å². The fourth-order valence-electron chi connectivity index (χ4n) is 5.03. The normalized spacial score (nSPS) is 17.2. The van der Waals surface area contributed by atoms with E-state index in [0.29, 0.717) is 24.6 Å². The molecule has 198 valence electrons. The first-order chi connectivity index (χ1) is 17.5. The van der Waals surface area contributed by atoms with Crippen LogP contribution >= 0.6 is 0 Å². The van der Waals surface area contributed by atoms with Gasteiger partial charge in [-0.05, 0) is 75.7 Å². The number of benzene rings is 2. The van der Waals surface area contributed by atoms with E-state index < -0.39 is 12.1 Å². The first-order valence-corrected chi connectivity index (χ1v) is 13.5. The van der Waals surface area contributed by atoms with E-state index in [9.17, 15) is 9.59 Å². The van der Waals surface area contributed by atoms with E-state index in [2.05, 4.69) is 24.2 Å². The average Bonchev–Trinajstić information content (AvgIpc) is 2.87. The number of carboxylic acid groups (broad SMARTS) is 1. The van der Waals surface area contributed by atoms with Gasteiger partial charge in [0, 0.05) is 18.0 Å². The van der Waals surface area contributed by atoms with Gasteiger partial charge in [0.25, 0.3) is 0 Å². The van der Waals surface area contributed by atoms with Crippen molar-refractivity contribution in [1.82, 2.24) is 4.90 Å². The number of hydrogen-bond acceptors (Lipinski definition) is 4. The third kappa shape index (κ3) is 10.6. The van der Waals surface area contributed by atoms with Crippen molar-refractivity contribution in [3.8, 4) is 11.1 Å². The molecule has 0 spiro atoms. The maximum atomic E-state index is 12.9. The van der Waals surface area contributed by atoms with Crippen molar-refractivity contribution in [2.45, 2.75) is 89.7 Å². The third-order valence-electron chi connectivity index (χ3n) is 7.17. The van der Waals surface area contributed by atoms with Crippen LogP contribution < -0.4 is 5.32 Å². The molecule has 7 heteroatoms. The molecule has 2 N–H and O–H groups in total. The summed E-state index contributed by atoms with van der Waals surface area (Å²) in [5, 5.41) is 11.9. The van der Waals surface area contributed by atoms with Gasteiger partial charge in [-0.3, -0.25) is 10.1 Å². The zero-order valence-electron chi connectivity index (χ0n) is 21.9. The molecule has 0 radical (unpaired) electrons. The summed E-state index contributed by atoms with van der Waals surface area (Å²) in [7, 11) is 2.22. The van der Waals surface area contributed by atoms with E-state index in [-0.39, 0.29) is 31.4 Å². The van der Waals surface area contributed by atoms with Crippen LogP contribution in [0.1, 0.15) is 76.7 Å². The molecule has 1 amide bonds. The number of nitrogens with zero attached hydrogens (tertiary/aromatic N) is 1. The number of hydrogen-bond donors (Lipinski definition) is 2. The Balaban J connectivity index is 0.00000481. The van der Waals surface area contributed by atoms with Crippen LogP contribution in [0.4, 0.5) is 10.5 Å². The fourth-order valence-corrected chi connectivity index (χ4v) is 5.03. The Kier molecular flexibility index (Phi) is 13.8.